The molecule has 0 aliphatic carbocycles. The zero-order valence-corrected chi connectivity index (χ0v) is 38.7. The zero-order chi connectivity index (χ0) is 43.9. The van der Waals surface area contributed by atoms with Gasteiger partial charge in [-0.1, -0.05) is 156 Å². The van der Waals surface area contributed by atoms with Gasteiger partial charge in [0, 0.05) is 12.1 Å². The lowest BCUT2D eigenvalue weighted by Crippen LogP contribution is -2.21. The standard InChI is InChI=1S/C50H87NO9/c1-5-9-13-17-19-25-33-43(31-23-15-11-7-3)48(52)57-41-29-21-27-35-46(59-50(54)60-47-39-37-45(38-40-47)51(55)56)36-28-22-30-42-58-49(53)44(32-24-16-12-8-4)34-26-20-18-14-10-6-2/h37-40,43-44,46H,5-36,41-42H2,1-4H3. The number of nitro groups is 1. The van der Waals surface area contributed by atoms with Gasteiger partial charge in [0.1, 0.15) is 11.9 Å². The highest BCUT2D eigenvalue weighted by molar-refractivity contribution is 5.72. The fraction of sp³-hybridized carbons (Fsp3) is 0.820. The van der Waals surface area contributed by atoms with Crippen LogP contribution in [0.4, 0.5) is 10.5 Å². The van der Waals surface area contributed by atoms with Gasteiger partial charge in [-0.05, 0) is 89.2 Å². The van der Waals surface area contributed by atoms with E-state index in [0.29, 0.717) is 26.1 Å². The van der Waals surface area contributed by atoms with Gasteiger partial charge in [0.25, 0.3) is 5.69 Å². The van der Waals surface area contributed by atoms with E-state index in [1.54, 1.807) is 0 Å². The molecule has 0 fully saturated rings. The Morgan fingerprint density at radius 2 is 0.817 bits per heavy atom. The Morgan fingerprint density at radius 1 is 0.483 bits per heavy atom. The van der Waals surface area contributed by atoms with Crippen LogP contribution in [0, 0.1) is 22.0 Å². The molecule has 2 unspecified atom stereocenters. The summed E-state index contributed by atoms with van der Waals surface area (Å²) in [6, 6.07) is 5.33. The summed E-state index contributed by atoms with van der Waals surface area (Å²) in [4.78, 5) is 49.5. The summed E-state index contributed by atoms with van der Waals surface area (Å²) in [5, 5.41) is 11.0. The molecule has 0 saturated carbocycles. The van der Waals surface area contributed by atoms with Gasteiger partial charge in [0.2, 0.25) is 0 Å². The number of carbonyl (C=O) groups is 3. The Labute approximate surface area is 365 Å². The summed E-state index contributed by atoms with van der Waals surface area (Å²) >= 11 is 0. The van der Waals surface area contributed by atoms with Gasteiger partial charge in [0.15, 0.2) is 0 Å². The van der Waals surface area contributed by atoms with E-state index in [2.05, 4.69) is 27.7 Å². The van der Waals surface area contributed by atoms with Crippen LogP contribution in [0.1, 0.15) is 233 Å². The first-order valence-electron chi connectivity index (χ1n) is 24.7. The largest absolute Gasteiger partial charge is 0.514 e. The molecule has 0 heterocycles. The predicted molar refractivity (Wildman–Crippen MR) is 243 cm³/mol. The zero-order valence-electron chi connectivity index (χ0n) is 38.7. The van der Waals surface area contributed by atoms with Crippen molar-refractivity contribution in [1.29, 1.82) is 0 Å². The minimum atomic E-state index is -0.845. The SMILES string of the molecule is CCCCCCCCC(CCCCCC)C(=O)OCCCCCC(CCCCCOC(=O)C(CCCCCC)CCCCCCCC)OC(=O)Oc1ccc([N+](=O)[O-])cc1. The molecule has 0 N–H and O–H groups in total. The Hall–Kier alpha value is -3.17. The molecular formula is C50H87NO9. The number of carbonyl (C=O) groups excluding carboxylic acids is 3. The molecule has 0 aromatic heterocycles. The molecule has 60 heavy (non-hydrogen) atoms. The lowest BCUT2D eigenvalue weighted by Gasteiger charge is -2.18. The third kappa shape index (κ3) is 30.0. The third-order valence-electron chi connectivity index (χ3n) is 11.6. The predicted octanol–water partition coefficient (Wildman–Crippen LogP) is 15.4. The monoisotopic (exact) mass is 846 g/mol. The second-order valence-corrected chi connectivity index (χ2v) is 17.1. The minimum absolute atomic E-state index is 0.0156. The molecule has 10 nitrogen and oxygen atoms in total. The molecule has 0 aliphatic heterocycles. The van der Waals surface area contributed by atoms with Crippen molar-refractivity contribution in [2.24, 2.45) is 11.8 Å². The van der Waals surface area contributed by atoms with Crippen LogP contribution in [0.25, 0.3) is 0 Å². The van der Waals surface area contributed by atoms with E-state index in [1.807, 2.05) is 0 Å². The fourth-order valence-corrected chi connectivity index (χ4v) is 7.77. The van der Waals surface area contributed by atoms with Crippen molar-refractivity contribution in [3.8, 4) is 5.75 Å². The van der Waals surface area contributed by atoms with E-state index < -0.39 is 11.1 Å². The molecular weight excluding hydrogens is 759 g/mol. The maximum absolute atomic E-state index is 13.1. The highest BCUT2D eigenvalue weighted by Crippen LogP contribution is 2.24. The molecule has 0 saturated heterocycles. The van der Waals surface area contributed by atoms with Gasteiger partial charge in [-0.15, -0.1) is 0 Å². The van der Waals surface area contributed by atoms with Crippen molar-refractivity contribution < 1.29 is 38.3 Å². The molecule has 0 radical (unpaired) electrons. The van der Waals surface area contributed by atoms with Crippen LogP contribution in [0.5, 0.6) is 5.75 Å². The number of non-ortho nitro benzene ring substituents is 1. The molecule has 1 aromatic rings. The summed E-state index contributed by atoms with van der Waals surface area (Å²) in [6.45, 7) is 9.65. The lowest BCUT2D eigenvalue weighted by molar-refractivity contribution is -0.384. The first-order chi connectivity index (χ1) is 29.2. The van der Waals surface area contributed by atoms with Crippen molar-refractivity contribution in [3.63, 3.8) is 0 Å². The van der Waals surface area contributed by atoms with Crippen molar-refractivity contribution in [3.05, 3.63) is 34.4 Å². The molecule has 2 atom stereocenters. The fourth-order valence-electron chi connectivity index (χ4n) is 7.77. The second-order valence-electron chi connectivity index (χ2n) is 17.1. The van der Waals surface area contributed by atoms with Gasteiger partial charge in [-0.25, -0.2) is 4.79 Å². The summed E-state index contributed by atoms with van der Waals surface area (Å²) in [6.07, 6.45) is 32.2. The van der Waals surface area contributed by atoms with E-state index in [9.17, 15) is 24.5 Å². The van der Waals surface area contributed by atoms with E-state index in [-0.39, 0.29) is 41.3 Å². The average molecular weight is 846 g/mol. The van der Waals surface area contributed by atoms with E-state index in [0.717, 1.165) is 103 Å². The van der Waals surface area contributed by atoms with Gasteiger partial charge < -0.3 is 18.9 Å². The molecule has 1 rings (SSSR count). The van der Waals surface area contributed by atoms with Gasteiger partial charge in [-0.2, -0.15) is 0 Å². The maximum atomic E-state index is 13.1. The van der Waals surface area contributed by atoms with Gasteiger partial charge in [0.05, 0.1) is 30.0 Å². The number of rotatable bonds is 41. The Morgan fingerprint density at radius 3 is 1.20 bits per heavy atom. The lowest BCUT2D eigenvalue weighted by atomic mass is 9.94. The Balaban J connectivity index is 2.63. The summed E-state index contributed by atoms with van der Waals surface area (Å²) in [5.74, 6) is 0.0344. The first-order valence-corrected chi connectivity index (χ1v) is 24.7. The van der Waals surface area contributed by atoms with Crippen molar-refractivity contribution in [2.45, 2.75) is 239 Å². The molecule has 1 aromatic carbocycles. The van der Waals surface area contributed by atoms with Crippen LogP contribution in [0.3, 0.4) is 0 Å². The van der Waals surface area contributed by atoms with Gasteiger partial charge in [-0.3, -0.25) is 19.7 Å². The van der Waals surface area contributed by atoms with Crippen molar-refractivity contribution in [1.82, 2.24) is 0 Å². The minimum Gasteiger partial charge on any atom is -0.465 e. The molecule has 346 valence electrons. The Kier molecular flexibility index (Phi) is 35.4. The average Bonchev–Trinajstić information content (AvgIpc) is 3.24. The van der Waals surface area contributed by atoms with Crippen molar-refractivity contribution >= 4 is 23.8 Å². The van der Waals surface area contributed by atoms with E-state index >= 15 is 0 Å². The number of hydrogen-bond donors (Lipinski definition) is 0. The number of ether oxygens (including phenoxy) is 4. The number of benzene rings is 1. The number of hydrogen-bond acceptors (Lipinski definition) is 9. The van der Waals surface area contributed by atoms with Gasteiger partial charge >= 0.3 is 18.1 Å². The first kappa shape index (κ1) is 54.8. The summed E-state index contributed by atoms with van der Waals surface area (Å²) < 4.78 is 22.7. The number of nitrogens with zero attached hydrogens (tertiary/aromatic N) is 1. The molecule has 0 aliphatic rings. The van der Waals surface area contributed by atoms with Crippen molar-refractivity contribution in [2.75, 3.05) is 13.2 Å². The smallest absolute Gasteiger partial charge is 0.465 e. The highest BCUT2D eigenvalue weighted by atomic mass is 16.7. The number of esters is 2. The third-order valence-corrected chi connectivity index (χ3v) is 11.6. The van der Waals surface area contributed by atoms with Crippen LogP contribution in [0.2, 0.25) is 0 Å². The highest BCUT2D eigenvalue weighted by Gasteiger charge is 2.21. The van der Waals surface area contributed by atoms with Crippen LogP contribution in [-0.4, -0.2) is 42.3 Å². The van der Waals surface area contributed by atoms with Crippen LogP contribution < -0.4 is 4.74 Å². The quantitative estimate of drug-likeness (QED) is 0.0158. The maximum Gasteiger partial charge on any atom is 0.514 e. The second kappa shape index (κ2) is 38.7. The molecule has 0 amide bonds. The van der Waals surface area contributed by atoms with Crippen LogP contribution in [-0.2, 0) is 23.8 Å². The number of nitro benzene ring substituents is 1. The van der Waals surface area contributed by atoms with E-state index in [4.69, 9.17) is 18.9 Å². The molecule has 0 bridgehead atoms. The van der Waals surface area contributed by atoms with Crippen LogP contribution in [0.15, 0.2) is 24.3 Å². The normalized spacial score (nSPS) is 12.7. The molecule has 0 spiro atoms. The molecule has 10 heteroatoms. The van der Waals surface area contributed by atoms with Crippen LogP contribution >= 0.6 is 0 Å². The summed E-state index contributed by atoms with van der Waals surface area (Å²) in [7, 11) is 0. The van der Waals surface area contributed by atoms with E-state index in [1.165, 1.54) is 114 Å². The summed E-state index contributed by atoms with van der Waals surface area (Å²) in [5.41, 5.74) is -0.0921. The number of unbranched alkanes of at least 4 members (excludes halogenated alkanes) is 20. The Bertz CT molecular complexity index is 1150. The topological polar surface area (TPSA) is 131 Å².